The summed E-state index contributed by atoms with van der Waals surface area (Å²) in [5, 5.41) is 41.5. The molecule has 1 heterocycles. The zero-order valence-electron chi connectivity index (χ0n) is 24.5. The fraction of sp³-hybridized carbons (Fsp3) is 0.618. The van der Waals surface area contributed by atoms with E-state index in [1.54, 1.807) is 7.05 Å². The number of aromatic amines is 1. The highest BCUT2D eigenvalue weighted by atomic mass is 16.3. The van der Waals surface area contributed by atoms with Crippen LogP contribution in [0.5, 0.6) is 0 Å². The van der Waals surface area contributed by atoms with Gasteiger partial charge in [0.2, 0.25) is 0 Å². The number of nitrogens with zero attached hydrogens (tertiary/aromatic N) is 1. The second-order valence-electron chi connectivity index (χ2n) is 13.3. The molecule has 1 aromatic heterocycles. The summed E-state index contributed by atoms with van der Waals surface area (Å²) in [6.07, 6.45) is 10.4. The topological polar surface area (TPSA) is 113 Å². The molecule has 2 aromatic rings. The number of fused-ring (bicyclic) bond motifs is 1. The maximum atomic E-state index is 12.4. The van der Waals surface area contributed by atoms with Crippen LogP contribution in [0.25, 0.3) is 10.9 Å². The minimum atomic E-state index is -0.916. The number of hydrogen-bond acceptors (Lipinski definition) is 4. The first kappa shape index (κ1) is 28.3. The lowest BCUT2D eigenvalue weighted by atomic mass is 9.58. The first-order chi connectivity index (χ1) is 19.8. The molecule has 7 heteroatoms. The van der Waals surface area contributed by atoms with Crippen LogP contribution in [0, 0.1) is 35.0 Å². The summed E-state index contributed by atoms with van der Waals surface area (Å²) in [5.74, 6) is 8.19. The highest BCUT2D eigenvalue weighted by molar-refractivity contribution is 5.81. The van der Waals surface area contributed by atoms with E-state index in [4.69, 9.17) is 0 Å². The summed E-state index contributed by atoms with van der Waals surface area (Å²) < 4.78 is 0. The van der Waals surface area contributed by atoms with Crippen molar-refractivity contribution in [2.45, 2.75) is 88.4 Å². The lowest BCUT2D eigenvalue weighted by Crippen LogP contribution is -2.49. The summed E-state index contributed by atoms with van der Waals surface area (Å²) >= 11 is 0. The van der Waals surface area contributed by atoms with E-state index in [2.05, 4.69) is 68.9 Å². The molecule has 7 atom stereocenters. The fourth-order valence-electron chi connectivity index (χ4n) is 8.62. The number of hydrogen-bond donors (Lipinski definition) is 6. The summed E-state index contributed by atoms with van der Waals surface area (Å²) in [6.45, 7) is 2.74. The molecule has 2 bridgehead atoms. The van der Waals surface area contributed by atoms with Crippen molar-refractivity contribution in [2.24, 2.45) is 28.2 Å². The van der Waals surface area contributed by atoms with Gasteiger partial charge in [0.05, 0.1) is 17.2 Å². The maximum absolute atomic E-state index is 12.4. The number of allylic oxidation sites excluding steroid dienone is 2. The lowest BCUT2D eigenvalue weighted by molar-refractivity contribution is -0.0688. The van der Waals surface area contributed by atoms with E-state index >= 15 is 0 Å². The van der Waals surface area contributed by atoms with E-state index in [1.807, 2.05) is 6.92 Å². The van der Waals surface area contributed by atoms with Gasteiger partial charge in [0.1, 0.15) is 0 Å². The third-order valence-electron chi connectivity index (χ3n) is 10.8. The van der Waals surface area contributed by atoms with Crippen LogP contribution >= 0.6 is 0 Å². The Morgan fingerprint density at radius 3 is 2.76 bits per heavy atom. The Labute approximate surface area is 243 Å². The smallest absolute Gasteiger partial charge is 0.191 e. The van der Waals surface area contributed by atoms with Crippen LogP contribution < -0.4 is 10.6 Å². The summed E-state index contributed by atoms with van der Waals surface area (Å²) in [4.78, 5) is 8.04. The third kappa shape index (κ3) is 5.31. The Bertz CT molecular complexity index is 1350. The quantitative estimate of drug-likeness (QED) is 0.105. The molecule has 1 aromatic carbocycles. The average molecular weight is 559 g/mol. The highest BCUT2D eigenvalue weighted by Gasteiger charge is 2.60. The molecule has 41 heavy (non-hydrogen) atoms. The number of aliphatic hydroxyl groups excluding tert-OH is 1. The van der Waals surface area contributed by atoms with Gasteiger partial charge in [-0.3, -0.25) is 4.99 Å². The molecule has 0 saturated heterocycles. The van der Waals surface area contributed by atoms with Crippen LogP contribution in [0.3, 0.4) is 0 Å². The monoisotopic (exact) mass is 558 g/mol. The minimum Gasteiger partial charge on any atom is -0.396 e. The number of aromatic nitrogens is 1. The van der Waals surface area contributed by atoms with E-state index in [1.165, 1.54) is 16.7 Å². The Kier molecular flexibility index (Phi) is 7.69. The molecule has 220 valence electrons. The van der Waals surface area contributed by atoms with Crippen LogP contribution in [0.1, 0.15) is 70.4 Å². The van der Waals surface area contributed by atoms with Gasteiger partial charge in [-0.05, 0) is 87.6 Å². The normalized spacial score (nSPS) is 36.6. The van der Waals surface area contributed by atoms with E-state index in [9.17, 15) is 15.3 Å². The zero-order valence-corrected chi connectivity index (χ0v) is 24.5. The van der Waals surface area contributed by atoms with Crippen molar-refractivity contribution in [3.05, 3.63) is 47.7 Å². The summed E-state index contributed by atoms with van der Waals surface area (Å²) in [7, 11) is 1.74. The molecule has 2 saturated carbocycles. The number of aliphatic hydroxyl groups is 3. The third-order valence-corrected chi connectivity index (χ3v) is 10.8. The van der Waals surface area contributed by atoms with Gasteiger partial charge in [0.25, 0.3) is 0 Å². The maximum Gasteiger partial charge on any atom is 0.191 e. The first-order valence-electron chi connectivity index (χ1n) is 15.6. The predicted molar refractivity (Wildman–Crippen MR) is 163 cm³/mol. The largest absolute Gasteiger partial charge is 0.396 e. The molecule has 6 rings (SSSR count). The van der Waals surface area contributed by atoms with Gasteiger partial charge in [-0.15, -0.1) is 0 Å². The van der Waals surface area contributed by atoms with Crippen molar-refractivity contribution in [1.82, 2.24) is 15.6 Å². The minimum absolute atomic E-state index is 0.0120. The molecule has 0 radical (unpaired) electrons. The number of nitrogens with one attached hydrogen (secondary N) is 3. The van der Waals surface area contributed by atoms with E-state index in [0.717, 1.165) is 50.5 Å². The SMILES string of the molecule is CN=C(NCCCO)N[C@@H]1C#C[C@H]2CCC=C(Cc3cc4ccccc4[nH]3)[C@]23CC[C@@](C)(O)[C@H]2CC[C@@](O)(C1)[C@H]2C3. The lowest BCUT2D eigenvalue weighted by Gasteiger charge is -2.46. The predicted octanol–water partition coefficient (Wildman–Crippen LogP) is 4.05. The molecule has 0 aliphatic heterocycles. The number of guanidine groups is 1. The van der Waals surface area contributed by atoms with Crippen LogP contribution in [-0.2, 0) is 6.42 Å². The Balaban J connectivity index is 1.39. The highest BCUT2D eigenvalue weighted by Crippen LogP contribution is 2.62. The molecular weight excluding hydrogens is 512 g/mol. The van der Waals surface area contributed by atoms with Gasteiger partial charge >= 0.3 is 0 Å². The van der Waals surface area contributed by atoms with Gasteiger partial charge < -0.3 is 30.9 Å². The molecule has 0 unspecified atom stereocenters. The molecule has 6 N–H and O–H groups in total. The first-order valence-corrected chi connectivity index (χ1v) is 15.6. The van der Waals surface area contributed by atoms with Crippen molar-refractivity contribution in [1.29, 1.82) is 0 Å². The van der Waals surface area contributed by atoms with Crippen molar-refractivity contribution >= 4 is 16.9 Å². The van der Waals surface area contributed by atoms with E-state index in [0.29, 0.717) is 31.8 Å². The molecule has 4 aliphatic carbocycles. The Hall–Kier alpha value is -2.79. The standard InChI is InChI=1S/C34H46N4O3/c1-32(40)15-16-33-22-29-28(32)13-14-34(29,41)21-26(38-31(35-2)36-17-6-18-39)12-11-24(33)8-5-9-25(33)20-27-19-23-7-3-4-10-30(23)37-27/h3-4,7,9-10,19,24,26,28-29,37,39-41H,5-6,8,13-18,20-22H2,1-2H3,(H2,35,36,38)/t24-,26-,28+,29+,32-,33+,34-/m1/s1. The molecule has 2 fully saturated rings. The Morgan fingerprint density at radius 2 is 1.95 bits per heavy atom. The second-order valence-corrected chi connectivity index (χ2v) is 13.3. The van der Waals surface area contributed by atoms with Gasteiger partial charge in [-0.1, -0.05) is 41.7 Å². The molecule has 1 spiro atoms. The van der Waals surface area contributed by atoms with Crippen molar-refractivity contribution < 1.29 is 15.3 Å². The van der Waals surface area contributed by atoms with E-state index in [-0.39, 0.29) is 35.8 Å². The van der Waals surface area contributed by atoms with Gasteiger partial charge in [-0.2, -0.15) is 0 Å². The number of benzene rings is 1. The van der Waals surface area contributed by atoms with Crippen molar-refractivity contribution in [2.75, 3.05) is 20.2 Å². The summed E-state index contributed by atoms with van der Waals surface area (Å²) in [6, 6.07) is 10.5. The van der Waals surface area contributed by atoms with Crippen LogP contribution in [0.4, 0.5) is 0 Å². The molecular formula is C34H46N4O3. The number of H-pyrrole nitrogens is 1. The van der Waals surface area contributed by atoms with Crippen molar-refractivity contribution in [3.63, 3.8) is 0 Å². The molecule has 7 nitrogen and oxygen atoms in total. The van der Waals surface area contributed by atoms with Crippen LogP contribution in [0.2, 0.25) is 0 Å². The second kappa shape index (κ2) is 11.1. The number of para-hydroxylation sites is 1. The zero-order chi connectivity index (χ0) is 28.7. The molecule has 4 aliphatic rings. The number of aliphatic imine (C=N–C) groups is 1. The van der Waals surface area contributed by atoms with Gasteiger partial charge in [0.15, 0.2) is 5.96 Å². The average Bonchev–Trinajstić information content (AvgIpc) is 3.49. The van der Waals surface area contributed by atoms with Crippen LogP contribution in [0.15, 0.2) is 47.0 Å². The Morgan fingerprint density at radius 1 is 1.10 bits per heavy atom. The van der Waals surface area contributed by atoms with E-state index < -0.39 is 11.2 Å². The van der Waals surface area contributed by atoms with Crippen molar-refractivity contribution in [3.8, 4) is 11.8 Å². The number of rotatable bonds is 6. The van der Waals surface area contributed by atoms with Crippen LogP contribution in [-0.4, -0.2) is 63.7 Å². The van der Waals surface area contributed by atoms with Gasteiger partial charge in [-0.25, -0.2) is 0 Å². The fourth-order valence-corrected chi connectivity index (χ4v) is 8.62. The van der Waals surface area contributed by atoms with Gasteiger partial charge in [0, 0.05) is 55.6 Å². The molecule has 0 amide bonds. The summed E-state index contributed by atoms with van der Waals surface area (Å²) in [5.41, 5.74) is 1.89.